The summed E-state index contributed by atoms with van der Waals surface area (Å²) in [5.41, 5.74) is 1.73. The highest BCUT2D eigenvalue weighted by Gasteiger charge is 2.26. The Kier molecular flexibility index (Phi) is 4.72. The summed E-state index contributed by atoms with van der Waals surface area (Å²) in [6.45, 7) is 8.11. The molecule has 0 amide bonds. The Morgan fingerprint density at radius 2 is 1.71 bits per heavy atom. The molecule has 2 N–H and O–H groups in total. The van der Waals surface area contributed by atoms with Crippen molar-refractivity contribution in [3.8, 4) is 0 Å². The molecule has 2 heteroatoms. The zero-order valence-electron chi connectivity index (χ0n) is 11.6. The Balaban J connectivity index is 2.86. The molecule has 0 fully saturated rings. The minimum absolute atomic E-state index is 0.0319. The minimum atomic E-state index is -0.756. The van der Waals surface area contributed by atoms with Gasteiger partial charge in [-0.25, -0.2) is 0 Å². The molecule has 96 valence electrons. The maximum absolute atomic E-state index is 10.1. The van der Waals surface area contributed by atoms with E-state index in [1.807, 2.05) is 20.9 Å². The van der Waals surface area contributed by atoms with Crippen molar-refractivity contribution in [1.82, 2.24) is 5.32 Å². The second-order valence-corrected chi connectivity index (χ2v) is 5.71. The van der Waals surface area contributed by atoms with Crippen molar-refractivity contribution in [2.24, 2.45) is 5.92 Å². The molecule has 0 aliphatic carbocycles. The lowest BCUT2D eigenvalue weighted by Crippen LogP contribution is -2.37. The number of aliphatic hydroxyl groups is 1. The third-order valence-corrected chi connectivity index (χ3v) is 2.95. The van der Waals surface area contributed by atoms with Crippen LogP contribution in [0.25, 0.3) is 0 Å². The van der Waals surface area contributed by atoms with Crippen LogP contribution in [0, 0.1) is 5.92 Å². The van der Waals surface area contributed by atoms with E-state index >= 15 is 0 Å². The smallest absolute Gasteiger partial charge is 0.0785 e. The Morgan fingerprint density at radius 1 is 1.18 bits per heavy atom. The van der Waals surface area contributed by atoms with Gasteiger partial charge in [0, 0.05) is 0 Å². The Labute approximate surface area is 105 Å². The summed E-state index contributed by atoms with van der Waals surface area (Å²) in [7, 11) is 1.88. The van der Waals surface area contributed by atoms with E-state index in [0.29, 0.717) is 5.92 Å². The first kappa shape index (κ1) is 14.2. The van der Waals surface area contributed by atoms with Gasteiger partial charge in [-0.2, -0.15) is 0 Å². The van der Waals surface area contributed by atoms with E-state index in [2.05, 4.69) is 43.4 Å². The number of benzene rings is 1. The van der Waals surface area contributed by atoms with Crippen LogP contribution in [-0.4, -0.2) is 17.8 Å². The third kappa shape index (κ3) is 4.14. The highest BCUT2D eigenvalue weighted by molar-refractivity contribution is 5.27. The van der Waals surface area contributed by atoms with Gasteiger partial charge < -0.3 is 10.4 Å². The first-order valence-electron chi connectivity index (χ1n) is 6.33. The van der Waals surface area contributed by atoms with E-state index in [1.54, 1.807) is 0 Å². The molecule has 0 aliphatic heterocycles. The second-order valence-electron chi connectivity index (χ2n) is 5.71. The van der Waals surface area contributed by atoms with Crippen LogP contribution in [0.3, 0.4) is 0 Å². The van der Waals surface area contributed by atoms with Gasteiger partial charge in [0.2, 0.25) is 0 Å². The molecule has 17 heavy (non-hydrogen) atoms. The van der Waals surface area contributed by atoms with Gasteiger partial charge >= 0.3 is 0 Å². The monoisotopic (exact) mass is 235 g/mol. The molecule has 1 aromatic carbocycles. The molecule has 0 saturated carbocycles. The average molecular weight is 235 g/mol. The predicted octanol–water partition coefficient (Wildman–Crippen LogP) is 2.92. The van der Waals surface area contributed by atoms with Gasteiger partial charge in [-0.15, -0.1) is 0 Å². The van der Waals surface area contributed by atoms with Crippen molar-refractivity contribution in [3.05, 3.63) is 35.4 Å². The molecule has 0 aliphatic rings. The van der Waals surface area contributed by atoms with Crippen LogP contribution in [0.4, 0.5) is 0 Å². The third-order valence-electron chi connectivity index (χ3n) is 2.95. The zero-order valence-corrected chi connectivity index (χ0v) is 11.6. The molecular weight excluding hydrogens is 210 g/mol. The summed E-state index contributed by atoms with van der Waals surface area (Å²) < 4.78 is 0. The van der Waals surface area contributed by atoms with Crippen LogP contribution < -0.4 is 5.32 Å². The van der Waals surface area contributed by atoms with Crippen LogP contribution in [0.1, 0.15) is 44.9 Å². The first-order valence-corrected chi connectivity index (χ1v) is 6.33. The fourth-order valence-corrected chi connectivity index (χ4v) is 2.25. The van der Waals surface area contributed by atoms with Crippen LogP contribution in [-0.2, 0) is 6.42 Å². The molecule has 0 aromatic heterocycles. The number of rotatable bonds is 5. The van der Waals surface area contributed by atoms with E-state index in [0.717, 1.165) is 12.0 Å². The summed E-state index contributed by atoms with van der Waals surface area (Å²) in [5, 5.41) is 13.3. The minimum Gasteiger partial charge on any atom is -0.388 e. The SMILES string of the molecule is CNC(c1ccc(CC(C)C)cc1)C(C)(C)O. The van der Waals surface area contributed by atoms with Gasteiger partial charge in [-0.1, -0.05) is 38.1 Å². The van der Waals surface area contributed by atoms with Gasteiger partial charge in [-0.3, -0.25) is 0 Å². The molecule has 1 unspecified atom stereocenters. The normalized spacial score (nSPS) is 14.1. The van der Waals surface area contributed by atoms with E-state index < -0.39 is 5.60 Å². The van der Waals surface area contributed by atoms with E-state index in [1.165, 1.54) is 5.56 Å². The summed E-state index contributed by atoms with van der Waals surface area (Å²) in [6, 6.07) is 8.50. The summed E-state index contributed by atoms with van der Waals surface area (Å²) in [6.07, 6.45) is 1.10. The summed E-state index contributed by atoms with van der Waals surface area (Å²) >= 11 is 0. The van der Waals surface area contributed by atoms with Gasteiger partial charge in [0.1, 0.15) is 0 Å². The van der Waals surface area contributed by atoms with E-state index in [-0.39, 0.29) is 6.04 Å². The molecule has 1 aromatic rings. The van der Waals surface area contributed by atoms with Crippen molar-refractivity contribution < 1.29 is 5.11 Å². The molecular formula is C15H25NO. The molecule has 1 rings (SSSR count). The molecule has 0 heterocycles. The summed E-state index contributed by atoms with van der Waals surface area (Å²) in [4.78, 5) is 0. The Morgan fingerprint density at radius 3 is 2.06 bits per heavy atom. The molecule has 2 nitrogen and oxygen atoms in total. The highest BCUT2D eigenvalue weighted by Crippen LogP contribution is 2.25. The lowest BCUT2D eigenvalue weighted by atomic mass is 9.91. The maximum atomic E-state index is 10.1. The molecule has 0 spiro atoms. The van der Waals surface area contributed by atoms with Crippen LogP contribution >= 0.6 is 0 Å². The number of likely N-dealkylation sites (N-methyl/N-ethyl adjacent to an activating group) is 1. The average Bonchev–Trinajstić information content (AvgIpc) is 2.18. The largest absolute Gasteiger partial charge is 0.388 e. The van der Waals surface area contributed by atoms with Crippen molar-refractivity contribution in [3.63, 3.8) is 0 Å². The van der Waals surface area contributed by atoms with Crippen molar-refractivity contribution in [2.45, 2.75) is 45.8 Å². The number of hydrogen-bond acceptors (Lipinski definition) is 2. The maximum Gasteiger partial charge on any atom is 0.0785 e. The van der Waals surface area contributed by atoms with Gasteiger partial charge in [0.25, 0.3) is 0 Å². The summed E-state index contributed by atoms with van der Waals surface area (Å²) in [5.74, 6) is 0.676. The topological polar surface area (TPSA) is 32.3 Å². The Bertz CT molecular complexity index is 335. The van der Waals surface area contributed by atoms with Crippen LogP contribution in [0.2, 0.25) is 0 Å². The fourth-order valence-electron chi connectivity index (χ4n) is 2.25. The van der Waals surface area contributed by atoms with Crippen molar-refractivity contribution >= 4 is 0 Å². The quantitative estimate of drug-likeness (QED) is 0.822. The first-order chi connectivity index (χ1) is 7.84. The fraction of sp³-hybridized carbons (Fsp3) is 0.600. The molecule has 0 saturated heterocycles. The number of nitrogens with one attached hydrogen (secondary N) is 1. The molecule has 1 atom stereocenters. The van der Waals surface area contributed by atoms with Crippen LogP contribution in [0.15, 0.2) is 24.3 Å². The van der Waals surface area contributed by atoms with Gasteiger partial charge in [-0.05, 0) is 44.4 Å². The van der Waals surface area contributed by atoms with Gasteiger partial charge in [0.15, 0.2) is 0 Å². The van der Waals surface area contributed by atoms with E-state index in [4.69, 9.17) is 0 Å². The van der Waals surface area contributed by atoms with Crippen molar-refractivity contribution in [2.75, 3.05) is 7.05 Å². The lowest BCUT2D eigenvalue weighted by Gasteiger charge is -2.29. The van der Waals surface area contributed by atoms with E-state index in [9.17, 15) is 5.11 Å². The predicted molar refractivity (Wildman–Crippen MR) is 73.1 cm³/mol. The molecule has 0 bridgehead atoms. The zero-order chi connectivity index (χ0) is 13.1. The van der Waals surface area contributed by atoms with Crippen LogP contribution in [0.5, 0.6) is 0 Å². The lowest BCUT2D eigenvalue weighted by molar-refractivity contribution is 0.0400. The number of hydrogen-bond donors (Lipinski definition) is 2. The van der Waals surface area contributed by atoms with Crippen molar-refractivity contribution in [1.29, 1.82) is 0 Å². The standard InChI is InChI=1S/C15H25NO/c1-11(2)10-12-6-8-13(9-7-12)14(16-5)15(3,4)17/h6-9,11,14,16-17H,10H2,1-5H3. The molecule has 0 radical (unpaired) electrons. The second kappa shape index (κ2) is 5.65. The van der Waals surface area contributed by atoms with Gasteiger partial charge in [0.05, 0.1) is 11.6 Å². The highest BCUT2D eigenvalue weighted by atomic mass is 16.3. The Hall–Kier alpha value is -0.860.